The van der Waals surface area contributed by atoms with E-state index in [9.17, 15) is 4.39 Å². The van der Waals surface area contributed by atoms with Crippen LogP contribution in [0, 0.1) is 12.7 Å². The highest BCUT2D eigenvalue weighted by atomic mass is 79.9. The molecular formula is C12H15BrFN. The van der Waals surface area contributed by atoms with Crippen molar-refractivity contribution in [2.45, 2.75) is 32.2 Å². The van der Waals surface area contributed by atoms with Gasteiger partial charge in [-0.2, -0.15) is 0 Å². The summed E-state index contributed by atoms with van der Waals surface area (Å²) in [6.07, 6.45) is 2.23. The molecule has 0 radical (unpaired) electrons. The molecule has 0 amide bonds. The number of hydrogen-bond acceptors (Lipinski definition) is 1. The molecule has 1 fully saturated rings. The zero-order chi connectivity index (χ0) is 11.1. The molecule has 0 saturated carbocycles. The van der Waals surface area contributed by atoms with Gasteiger partial charge in [-0.3, -0.25) is 0 Å². The van der Waals surface area contributed by atoms with E-state index in [-0.39, 0.29) is 11.4 Å². The SMILES string of the molecule is Cc1c(F)cc(C2(C)CCCN2)cc1Br. The fourth-order valence-corrected chi connectivity index (χ4v) is 2.54. The van der Waals surface area contributed by atoms with Crippen molar-refractivity contribution in [2.24, 2.45) is 0 Å². The molecule has 0 bridgehead atoms. The number of nitrogens with one attached hydrogen (secondary N) is 1. The second-order valence-corrected chi connectivity index (χ2v) is 5.28. The van der Waals surface area contributed by atoms with Gasteiger partial charge in [0.1, 0.15) is 5.82 Å². The maximum absolute atomic E-state index is 13.6. The number of benzene rings is 1. The van der Waals surface area contributed by atoms with Gasteiger partial charge in [0.2, 0.25) is 0 Å². The van der Waals surface area contributed by atoms with Gasteiger partial charge in [0.25, 0.3) is 0 Å². The van der Waals surface area contributed by atoms with Crippen LogP contribution in [0.1, 0.15) is 30.9 Å². The Labute approximate surface area is 98.2 Å². The molecule has 0 aliphatic carbocycles. The van der Waals surface area contributed by atoms with Crippen LogP contribution in [0.15, 0.2) is 16.6 Å². The third-order valence-electron chi connectivity index (χ3n) is 3.29. The van der Waals surface area contributed by atoms with E-state index < -0.39 is 0 Å². The molecule has 1 aromatic carbocycles. The Kier molecular flexibility index (Phi) is 2.86. The van der Waals surface area contributed by atoms with E-state index >= 15 is 0 Å². The van der Waals surface area contributed by atoms with E-state index in [2.05, 4.69) is 28.2 Å². The summed E-state index contributed by atoms with van der Waals surface area (Å²) in [5.74, 6) is -0.130. The second kappa shape index (κ2) is 3.87. The molecule has 1 atom stereocenters. The lowest BCUT2D eigenvalue weighted by Crippen LogP contribution is -2.33. The van der Waals surface area contributed by atoms with Gasteiger partial charge in [-0.1, -0.05) is 15.9 Å². The van der Waals surface area contributed by atoms with E-state index in [4.69, 9.17) is 0 Å². The van der Waals surface area contributed by atoms with Gasteiger partial charge < -0.3 is 5.32 Å². The molecule has 1 nitrogen and oxygen atoms in total. The van der Waals surface area contributed by atoms with Gasteiger partial charge in [0, 0.05) is 10.0 Å². The minimum absolute atomic E-state index is 0.0585. The quantitative estimate of drug-likeness (QED) is 0.825. The van der Waals surface area contributed by atoms with Gasteiger partial charge in [0.15, 0.2) is 0 Å². The topological polar surface area (TPSA) is 12.0 Å². The van der Waals surface area contributed by atoms with Gasteiger partial charge in [-0.05, 0) is 56.5 Å². The first-order chi connectivity index (χ1) is 7.03. The highest BCUT2D eigenvalue weighted by molar-refractivity contribution is 9.10. The summed E-state index contributed by atoms with van der Waals surface area (Å²) >= 11 is 3.40. The molecule has 2 rings (SSSR count). The normalized spacial score (nSPS) is 25.9. The molecule has 1 heterocycles. The lowest BCUT2D eigenvalue weighted by atomic mass is 9.90. The zero-order valence-corrected chi connectivity index (χ0v) is 10.6. The minimum atomic E-state index is -0.130. The van der Waals surface area contributed by atoms with Crippen LogP contribution in [0.25, 0.3) is 0 Å². The van der Waals surface area contributed by atoms with E-state index in [0.29, 0.717) is 5.56 Å². The largest absolute Gasteiger partial charge is 0.308 e. The molecule has 82 valence electrons. The summed E-state index contributed by atoms with van der Waals surface area (Å²) in [4.78, 5) is 0. The Morgan fingerprint density at radius 1 is 1.47 bits per heavy atom. The fraction of sp³-hybridized carbons (Fsp3) is 0.500. The monoisotopic (exact) mass is 271 g/mol. The van der Waals surface area contributed by atoms with Crippen molar-refractivity contribution in [3.8, 4) is 0 Å². The molecule has 0 spiro atoms. The standard InChI is InChI=1S/C12H15BrFN/c1-8-10(13)6-9(7-11(8)14)12(2)4-3-5-15-12/h6-7,15H,3-5H2,1-2H3. The average molecular weight is 272 g/mol. The van der Waals surface area contributed by atoms with Crippen molar-refractivity contribution >= 4 is 15.9 Å². The molecule has 1 aliphatic rings. The summed E-state index contributed by atoms with van der Waals surface area (Å²) < 4.78 is 14.5. The molecule has 1 unspecified atom stereocenters. The Morgan fingerprint density at radius 2 is 2.20 bits per heavy atom. The van der Waals surface area contributed by atoms with Crippen molar-refractivity contribution < 1.29 is 4.39 Å². The van der Waals surface area contributed by atoms with Crippen LogP contribution >= 0.6 is 15.9 Å². The highest BCUT2D eigenvalue weighted by Crippen LogP contribution is 2.33. The summed E-state index contributed by atoms with van der Waals surface area (Å²) in [5.41, 5.74) is 1.66. The number of hydrogen-bond donors (Lipinski definition) is 1. The molecular weight excluding hydrogens is 257 g/mol. The van der Waals surface area contributed by atoms with E-state index in [0.717, 1.165) is 29.4 Å². The van der Waals surface area contributed by atoms with Crippen molar-refractivity contribution in [1.29, 1.82) is 0 Å². The molecule has 1 aromatic rings. The highest BCUT2D eigenvalue weighted by Gasteiger charge is 2.30. The number of rotatable bonds is 1. The summed E-state index contributed by atoms with van der Waals surface area (Å²) in [6.45, 7) is 4.94. The van der Waals surface area contributed by atoms with Gasteiger partial charge in [0.05, 0.1) is 0 Å². The molecule has 0 aromatic heterocycles. The van der Waals surface area contributed by atoms with Crippen molar-refractivity contribution in [2.75, 3.05) is 6.54 Å². The van der Waals surface area contributed by atoms with Crippen molar-refractivity contribution in [3.05, 3.63) is 33.5 Å². The van der Waals surface area contributed by atoms with E-state index in [1.165, 1.54) is 0 Å². The summed E-state index contributed by atoms with van der Waals surface area (Å²) in [5, 5.41) is 3.44. The summed E-state index contributed by atoms with van der Waals surface area (Å²) in [7, 11) is 0. The molecule has 1 saturated heterocycles. The lowest BCUT2D eigenvalue weighted by Gasteiger charge is -2.25. The average Bonchev–Trinajstić information content (AvgIpc) is 2.62. The molecule has 1 N–H and O–H groups in total. The van der Waals surface area contributed by atoms with Crippen LogP contribution in [0.3, 0.4) is 0 Å². The lowest BCUT2D eigenvalue weighted by molar-refractivity contribution is 0.431. The third kappa shape index (κ3) is 1.95. The van der Waals surface area contributed by atoms with Crippen LogP contribution < -0.4 is 5.32 Å². The summed E-state index contributed by atoms with van der Waals surface area (Å²) in [6, 6.07) is 3.68. The second-order valence-electron chi connectivity index (χ2n) is 4.43. The van der Waals surface area contributed by atoms with E-state index in [1.807, 2.05) is 6.07 Å². The zero-order valence-electron chi connectivity index (χ0n) is 9.03. The Bertz CT molecular complexity index is 360. The van der Waals surface area contributed by atoms with Crippen LogP contribution in [0.2, 0.25) is 0 Å². The molecule has 1 aliphatic heterocycles. The third-order valence-corrected chi connectivity index (χ3v) is 4.11. The fourth-order valence-electron chi connectivity index (χ4n) is 2.10. The van der Waals surface area contributed by atoms with Crippen molar-refractivity contribution in [3.63, 3.8) is 0 Å². The molecule has 3 heteroatoms. The first-order valence-electron chi connectivity index (χ1n) is 5.24. The minimum Gasteiger partial charge on any atom is -0.308 e. The van der Waals surface area contributed by atoms with Gasteiger partial charge >= 0.3 is 0 Å². The van der Waals surface area contributed by atoms with Crippen molar-refractivity contribution in [1.82, 2.24) is 5.32 Å². The van der Waals surface area contributed by atoms with Gasteiger partial charge in [-0.25, -0.2) is 4.39 Å². The Balaban J connectivity index is 2.45. The Morgan fingerprint density at radius 3 is 2.73 bits per heavy atom. The first kappa shape index (κ1) is 11.1. The predicted octanol–water partition coefficient (Wildman–Crippen LogP) is 3.50. The Hall–Kier alpha value is -0.410. The smallest absolute Gasteiger partial charge is 0.127 e. The van der Waals surface area contributed by atoms with Gasteiger partial charge in [-0.15, -0.1) is 0 Å². The van der Waals surface area contributed by atoms with Crippen LogP contribution in [-0.4, -0.2) is 6.54 Å². The molecule has 15 heavy (non-hydrogen) atoms. The maximum atomic E-state index is 13.6. The van der Waals surface area contributed by atoms with Crippen LogP contribution in [0.4, 0.5) is 4.39 Å². The number of halogens is 2. The van der Waals surface area contributed by atoms with Crippen LogP contribution in [0.5, 0.6) is 0 Å². The maximum Gasteiger partial charge on any atom is 0.127 e. The van der Waals surface area contributed by atoms with E-state index in [1.54, 1.807) is 13.0 Å². The first-order valence-corrected chi connectivity index (χ1v) is 6.03. The predicted molar refractivity (Wildman–Crippen MR) is 63.4 cm³/mol. The van der Waals surface area contributed by atoms with Crippen LogP contribution in [-0.2, 0) is 5.54 Å².